The molecule has 0 unspecified atom stereocenters. The maximum atomic E-state index is 4.00. The van der Waals surface area contributed by atoms with Crippen LogP contribution in [-0.4, -0.2) is 18.2 Å². The summed E-state index contributed by atoms with van der Waals surface area (Å²) in [6.07, 6.45) is 10.9. The normalized spacial score (nSPS) is 11.1. The molecule has 0 aliphatic rings. The van der Waals surface area contributed by atoms with Crippen molar-refractivity contribution in [1.82, 2.24) is 4.98 Å². The van der Waals surface area contributed by atoms with Gasteiger partial charge < -0.3 is 4.98 Å². The molecule has 16 heavy (non-hydrogen) atoms. The van der Waals surface area contributed by atoms with Gasteiger partial charge in [0.1, 0.15) is 0 Å². The Labute approximate surface area is 96.4 Å². The van der Waals surface area contributed by atoms with E-state index in [1.165, 1.54) is 0 Å². The summed E-state index contributed by atoms with van der Waals surface area (Å²) in [6.45, 7) is 11.3. The van der Waals surface area contributed by atoms with Crippen LogP contribution in [0.15, 0.2) is 36.9 Å². The van der Waals surface area contributed by atoms with Crippen LogP contribution in [0.4, 0.5) is 0 Å². The third kappa shape index (κ3) is 2.28. The summed E-state index contributed by atoms with van der Waals surface area (Å²) in [4.78, 5) is 7.26. The second kappa shape index (κ2) is 5.71. The standard InChI is InChI=1S/C14H16N2/c1-5-8-9-13-11(6-2)12(7-3)14(16-13)10-15-4/h5-10,16H,1-3H2,4H3/b9-8-,15-10?. The Morgan fingerprint density at radius 2 is 1.69 bits per heavy atom. The highest BCUT2D eigenvalue weighted by Gasteiger charge is 2.09. The Bertz CT molecular complexity index is 459. The van der Waals surface area contributed by atoms with Gasteiger partial charge >= 0.3 is 0 Å². The summed E-state index contributed by atoms with van der Waals surface area (Å²) < 4.78 is 0. The lowest BCUT2D eigenvalue weighted by Crippen LogP contribution is -1.83. The SMILES string of the molecule is C=C/C=C\c1[nH]c(C=NC)c(C=C)c1C=C. The lowest BCUT2D eigenvalue weighted by Gasteiger charge is -1.93. The van der Waals surface area contributed by atoms with Crippen molar-refractivity contribution in [2.45, 2.75) is 0 Å². The largest absolute Gasteiger partial charge is 0.353 e. The van der Waals surface area contributed by atoms with Crippen LogP contribution in [0.5, 0.6) is 0 Å². The van der Waals surface area contributed by atoms with Crippen LogP contribution in [0.25, 0.3) is 18.2 Å². The number of H-pyrrole nitrogens is 1. The Morgan fingerprint density at radius 3 is 2.19 bits per heavy atom. The van der Waals surface area contributed by atoms with Crippen LogP contribution < -0.4 is 0 Å². The average Bonchev–Trinajstić information content (AvgIpc) is 2.63. The summed E-state index contributed by atoms with van der Waals surface area (Å²) >= 11 is 0. The van der Waals surface area contributed by atoms with E-state index < -0.39 is 0 Å². The molecule has 1 aromatic rings. The van der Waals surface area contributed by atoms with Crippen LogP contribution >= 0.6 is 0 Å². The highest BCUT2D eigenvalue weighted by Crippen LogP contribution is 2.22. The minimum Gasteiger partial charge on any atom is -0.353 e. The molecule has 2 nitrogen and oxygen atoms in total. The molecule has 0 amide bonds. The van der Waals surface area contributed by atoms with Gasteiger partial charge in [0.15, 0.2) is 0 Å². The van der Waals surface area contributed by atoms with E-state index in [0.717, 1.165) is 22.5 Å². The number of aromatic amines is 1. The first-order valence-corrected chi connectivity index (χ1v) is 5.00. The van der Waals surface area contributed by atoms with Crippen LogP contribution in [-0.2, 0) is 0 Å². The number of allylic oxidation sites excluding steroid dienone is 2. The van der Waals surface area contributed by atoms with Crippen molar-refractivity contribution < 1.29 is 0 Å². The Balaban J connectivity index is 3.38. The molecule has 0 spiro atoms. The number of hydrogen-bond donors (Lipinski definition) is 1. The van der Waals surface area contributed by atoms with Gasteiger partial charge in [0.05, 0.1) is 5.69 Å². The van der Waals surface area contributed by atoms with Gasteiger partial charge in [-0.2, -0.15) is 0 Å². The van der Waals surface area contributed by atoms with E-state index in [0.29, 0.717) is 0 Å². The zero-order valence-electron chi connectivity index (χ0n) is 9.53. The van der Waals surface area contributed by atoms with Crippen molar-refractivity contribution in [2.24, 2.45) is 4.99 Å². The number of nitrogens with zero attached hydrogens (tertiary/aromatic N) is 1. The quantitative estimate of drug-likeness (QED) is 0.571. The molecule has 1 heterocycles. The van der Waals surface area contributed by atoms with E-state index in [4.69, 9.17) is 0 Å². The van der Waals surface area contributed by atoms with Crippen molar-refractivity contribution in [1.29, 1.82) is 0 Å². The van der Waals surface area contributed by atoms with Gasteiger partial charge in [-0.05, 0) is 6.08 Å². The summed E-state index contributed by atoms with van der Waals surface area (Å²) in [6, 6.07) is 0. The molecular formula is C14H16N2. The van der Waals surface area contributed by atoms with Gasteiger partial charge in [-0.25, -0.2) is 0 Å². The minimum absolute atomic E-state index is 0.941. The van der Waals surface area contributed by atoms with Crippen molar-refractivity contribution in [3.8, 4) is 0 Å². The van der Waals surface area contributed by atoms with Crippen molar-refractivity contribution in [2.75, 3.05) is 7.05 Å². The zero-order chi connectivity index (χ0) is 12.0. The molecule has 2 heteroatoms. The number of rotatable bonds is 5. The zero-order valence-corrected chi connectivity index (χ0v) is 9.53. The predicted octanol–water partition coefficient (Wildman–Crippen LogP) is 3.55. The van der Waals surface area contributed by atoms with Gasteiger partial charge in [0, 0.05) is 30.1 Å². The highest BCUT2D eigenvalue weighted by atomic mass is 14.8. The average molecular weight is 212 g/mol. The van der Waals surface area contributed by atoms with Gasteiger partial charge in [-0.15, -0.1) is 0 Å². The molecule has 1 aromatic heterocycles. The number of nitrogens with one attached hydrogen (secondary N) is 1. The topological polar surface area (TPSA) is 28.1 Å². The molecule has 1 N–H and O–H groups in total. The Morgan fingerprint density at radius 1 is 1.06 bits per heavy atom. The number of aromatic nitrogens is 1. The molecule has 0 aliphatic heterocycles. The van der Waals surface area contributed by atoms with Gasteiger partial charge in [-0.3, -0.25) is 4.99 Å². The highest BCUT2D eigenvalue weighted by molar-refractivity contribution is 5.88. The molecule has 0 aromatic carbocycles. The second-order valence-electron chi connectivity index (χ2n) is 3.17. The molecule has 0 bridgehead atoms. The van der Waals surface area contributed by atoms with E-state index in [1.54, 1.807) is 25.4 Å². The molecule has 0 radical (unpaired) electrons. The fourth-order valence-corrected chi connectivity index (χ4v) is 1.54. The number of hydrogen-bond acceptors (Lipinski definition) is 1. The first kappa shape index (κ1) is 12.0. The van der Waals surface area contributed by atoms with Crippen molar-refractivity contribution in [3.05, 3.63) is 54.4 Å². The van der Waals surface area contributed by atoms with Gasteiger partial charge in [-0.1, -0.05) is 44.0 Å². The van der Waals surface area contributed by atoms with Crippen LogP contribution in [0.1, 0.15) is 22.5 Å². The second-order valence-corrected chi connectivity index (χ2v) is 3.17. The molecule has 0 fully saturated rings. The fourth-order valence-electron chi connectivity index (χ4n) is 1.54. The van der Waals surface area contributed by atoms with E-state index >= 15 is 0 Å². The lowest BCUT2D eigenvalue weighted by atomic mass is 10.1. The van der Waals surface area contributed by atoms with Crippen LogP contribution in [0.3, 0.4) is 0 Å². The Kier molecular flexibility index (Phi) is 4.28. The predicted molar refractivity (Wildman–Crippen MR) is 73.7 cm³/mol. The molecule has 0 saturated heterocycles. The molecular weight excluding hydrogens is 196 g/mol. The molecule has 0 atom stereocenters. The molecule has 82 valence electrons. The summed E-state index contributed by atoms with van der Waals surface area (Å²) in [5.41, 5.74) is 3.98. The summed E-state index contributed by atoms with van der Waals surface area (Å²) in [7, 11) is 1.74. The maximum absolute atomic E-state index is 4.00. The third-order valence-corrected chi connectivity index (χ3v) is 2.21. The van der Waals surface area contributed by atoms with E-state index in [9.17, 15) is 0 Å². The van der Waals surface area contributed by atoms with Gasteiger partial charge in [0.2, 0.25) is 0 Å². The first-order chi connectivity index (χ1) is 7.78. The minimum atomic E-state index is 0.941. The monoisotopic (exact) mass is 212 g/mol. The van der Waals surface area contributed by atoms with Crippen LogP contribution in [0.2, 0.25) is 0 Å². The first-order valence-electron chi connectivity index (χ1n) is 5.00. The molecule has 1 rings (SSSR count). The van der Waals surface area contributed by atoms with Crippen molar-refractivity contribution >= 4 is 24.4 Å². The van der Waals surface area contributed by atoms with E-state index in [-0.39, 0.29) is 0 Å². The fraction of sp³-hybridized carbons (Fsp3) is 0.0714. The smallest absolute Gasteiger partial charge is 0.0645 e. The van der Waals surface area contributed by atoms with Crippen molar-refractivity contribution in [3.63, 3.8) is 0 Å². The summed E-state index contributed by atoms with van der Waals surface area (Å²) in [5.74, 6) is 0. The molecule has 0 saturated carbocycles. The van der Waals surface area contributed by atoms with Gasteiger partial charge in [0.25, 0.3) is 0 Å². The lowest BCUT2D eigenvalue weighted by molar-refractivity contribution is 1.33. The van der Waals surface area contributed by atoms with Crippen LogP contribution in [0, 0.1) is 0 Å². The van der Waals surface area contributed by atoms with E-state index in [1.807, 2.05) is 18.2 Å². The number of aliphatic imine (C=N–C) groups is 1. The third-order valence-electron chi connectivity index (χ3n) is 2.21. The Hall–Kier alpha value is -2.09. The maximum Gasteiger partial charge on any atom is 0.0645 e. The molecule has 0 aliphatic carbocycles. The van der Waals surface area contributed by atoms with E-state index in [2.05, 4.69) is 29.7 Å². The summed E-state index contributed by atoms with van der Waals surface area (Å²) in [5, 5.41) is 0.